The fraction of sp³-hybridized carbons (Fsp3) is 0.176. The van der Waals surface area contributed by atoms with Gasteiger partial charge in [0.15, 0.2) is 17.3 Å². The lowest BCUT2D eigenvalue weighted by molar-refractivity contribution is -0.125. The number of hydrogen-bond acceptors (Lipinski definition) is 4. The molecular formula is C17H15NO4. The number of Topliss-reactive ketones (excluding diaryl/α,β-unsaturated/α-hetero) is 1. The Labute approximate surface area is 127 Å². The van der Waals surface area contributed by atoms with Crippen LogP contribution in [-0.4, -0.2) is 24.4 Å². The molecule has 22 heavy (non-hydrogen) atoms. The van der Waals surface area contributed by atoms with Crippen molar-refractivity contribution in [3.63, 3.8) is 0 Å². The Morgan fingerprint density at radius 1 is 1.05 bits per heavy atom. The van der Waals surface area contributed by atoms with E-state index in [4.69, 9.17) is 9.47 Å². The Hall–Kier alpha value is -2.82. The molecule has 5 nitrogen and oxygen atoms in total. The van der Waals surface area contributed by atoms with Gasteiger partial charge in [0, 0.05) is 11.3 Å². The van der Waals surface area contributed by atoms with Gasteiger partial charge in [-0.3, -0.25) is 9.59 Å². The summed E-state index contributed by atoms with van der Waals surface area (Å²) in [6, 6.07) is 13.9. The van der Waals surface area contributed by atoms with Crippen LogP contribution in [0.3, 0.4) is 0 Å². The maximum absolute atomic E-state index is 12.2. The van der Waals surface area contributed by atoms with E-state index in [1.54, 1.807) is 36.4 Å². The van der Waals surface area contributed by atoms with Crippen molar-refractivity contribution in [3.05, 3.63) is 54.1 Å². The zero-order valence-electron chi connectivity index (χ0n) is 12.0. The van der Waals surface area contributed by atoms with Gasteiger partial charge in [-0.05, 0) is 43.3 Å². The molecule has 3 rings (SSSR count). The van der Waals surface area contributed by atoms with E-state index in [2.05, 4.69) is 5.32 Å². The third-order valence-corrected chi connectivity index (χ3v) is 3.36. The fourth-order valence-corrected chi connectivity index (χ4v) is 2.16. The summed E-state index contributed by atoms with van der Waals surface area (Å²) in [5.41, 5.74) is 1.21. The third-order valence-electron chi connectivity index (χ3n) is 3.36. The highest BCUT2D eigenvalue weighted by atomic mass is 16.6. The first-order valence-electron chi connectivity index (χ1n) is 6.94. The van der Waals surface area contributed by atoms with Crippen molar-refractivity contribution in [2.45, 2.75) is 13.0 Å². The van der Waals surface area contributed by atoms with Crippen LogP contribution in [0.2, 0.25) is 0 Å². The van der Waals surface area contributed by atoms with Gasteiger partial charge in [0.25, 0.3) is 5.91 Å². The van der Waals surface area contributed by atoms with Crippen LogP contribution in [0.4, 0.5) is 5.69 Å². The van der Waals surface area contributed by atoms with Crippen LogP contribution in [0.15, 0.2) is 48.5 Å². The van der Waals surface area contributed by atoms with Crippen LogP contribution < -0.4 is 14.8 Å². The number of ketones is 1. The van der Waals surface area contributed by atoms with Crippen molar-refractivity contribution in [3.8, 4) is 11.5 Å². The summed E-state index contributed by atoms with van der Waals surface area (Å²) in [5, 5.41) is 2.75. The molecule has 0 aromatic heterocycles. The molecule has 1 amide bonds. The van der Waals surface area contributed by atoms with Gasteiger partial charge in [-0.15, -0.1) is 0 Å². The Bertz CT molecular complexity index is 709. The third kappa shape index (κ3) is 2.93. The zero-order chi connectivity index (χ0) is 15.5. The quantitative estimate of drug-likeness (QED) is 0.885. The molecular weight excluding hydrogens is 282 g/mol. The molecule has 1 N–H and O–H groups in total. The van der Waals surface area contributed by atoms with Crippen LogP contribution >= 0.6 is 0 Å². The summed E-state index contributed by atoms with van der Waals surface area (Å²) in [5.74, 6) is 0.891. The second-order valence-corrected chi connectivity index (χ2v) is 4.99. The lowest BCUT2D eigenvalue weighted by Crippen LogP contribution is -2.40. The first-order valence-corrected chi connectivity index (χ1v) is 6.94. The molecule has 0 spiro atoms. The Balaban J connectivity index is 1.66. The van der Waals surface area contributed by atoms with Crippen LogP contribution in [0, 0.1) is 0 Å². The number of hydrogen-bond donors (Lipinski definition) is 1. The van der Waals surface area contributed by atoms with Gasteiger partial charge in [0.05, 0.1) is 0 Å². The summed E-state index contributed by atoms with van der Waals surface area (Å²) in [4.78, 5) is 23.4. The van der Waals surface area contributed by atoms with Crippen molar-refractivity contribution in [2.75, 3.05) is 11.9 Å². The number of amides is 1. The number of carbonyl (C=O) groups is 2. The molecule has 0 fully saturated rings. The number of para-hydroxylation sites is 2. The van der Waals surface area contributed by atoms with Gasteiger partial charge in [-0.25, -0.2) is 0 Å². The SMILES string of the molecule is CC(=O)c1ccc(NC(=O)[C@@H]2COc3ccccc3O2)cc1. The molecule has 112 valence electrons. The van der Waals surface area contributed by atoms with E-state index >= 15 is 0 Å². The van der Waals surface area contributed by atoms with Gasteiger partial charge in [0.1, 0.15) is 6.61 Å². The molecule has 0 saturated heterocycles. The maximum atomic E-state index is 12.2. The molecule has 0 radical (unpaired) electrons. The topological polar surface area (TPSA) is 64.6 Å². The Morgan fingerprint density at radius 2 is 1.73 bits per heavy atom. The van der Waals surface area contributed by atoms with Gasteiger partial charge in [0.2, 0.25) is 6.10 Å². The zero-order valence-corrected chi connectivity index (χ0v) is 12.0. The molecule has 5 heteroatoms. The lowest BCUT2D eigenvalue weighted by Gasteiger charge is -2.25. The number of carbonyl (C=O) groups excluding carboxylic acids is 2. The summed E-state index contributed by atoms with van der Waals surface area (Å²) < 4.78 is 11.2. The molecule has 0 aliphatic carbocycles. The average Bonchev–Trinajstić information content (AvgIpc) is 2.55. The van der Waals surface area contributed by atoms with Crippen molar-refractivity contribution in [2.24, 2.45) is 0 Å². The second kappa shape index (κ2) is 5.89. The van der Waals surface area contributed by atoms with Crippen molar-refractivity contribution >= 4 is 17.4 Å². The van der Waals surface area contributed by atoms with E-state index in [0.29, 0.717) is 22.7 Å². The van der Waals surface area contributed by atoms with Crippen LogP contribution in [0.5, 0.6) is 11.5 Å². The molecule has 1 aliphatic rings. The molecule has 1 aliphatic heterocycles. The average molecular weight is 297 g/mol. The largest absolute Gasteiger partial charge is 0.485 e. The summed E-state index contributed by atoms with van der Waals surface area (Å²) in [7, 11) is 0. The van der Waals surface area contributed by atoms with E-state index in [0.717, 1.165) is 0 Å². The predicted octanol–water partition coefficient (Wildman–Crippen LogP) is 2.67. The molecule has 1 heterocycles. The molecule has 0 saturated carbocycles. The molecule has 0 bridgehead atoms. The summed E-state index contributed by atoms with van der Waals surface area (Å²) in [6.07, 6.45) is -0.706. The van der Waals surface area contributed by atoms with Gasteiger partial charge in [-0.2, -0.15) is 0 Å². The van der Waals surface area contributed by atoms with Gasteiger partial charge >= 0.3 is 0 Å². The Kier molecular flexibility index (Phi) is 3.78. The molecule has 0 unspecified atom stereocenters. The summed E-state index contributed by atoms with van der Waals surface area (Å²) in [6.45, 7) is 1.66. The number of fused-ring (bicyclic) bond motifs is 1. The van der Waals surface area contributed by atoms with E-state index in [1.165, 1.54) is 6.92 Å². The van der Waals surface area contributed by atoms with Gasteiger partial charge in [-0.1, -0.05) is 12.1 Å². The van der Waals surface area contributed by atoms with Crippen molar-refractivity contribution in [1.29, 1.82) is 0 Å². The minimum Gasteiger partial charge on any atom is -0.485 e. The van der Waals surface area contributed by atoms with E-state index in [-0.39, 0.29) is 18.3 Å². The lowest BCUT2D eigenvalue weighted by atomic mass is 10.1. The highest BCUT2D eigenvalue weighted by Crippen LogP contribution is 2.31. The van der Waals surface area contributed by atoms with E-state index < -0.39 is 6.10 Å². The van der Waals surface area contributed by atoms with Crippen LogP contribution in [0.1, 0.15) is 17.3 Å². The molecule has 2 aromatic rings. The normalized spacial score (nSPS) is 16.0. The second-order valence-electron chi connectivity index (χ2n) is 4.99. The van der Waals surface area contributed by atoms with Gasteiger partial charge < -0.3 is 14.8 Å². The number of nitrogens with one attached hydrogen (secondary N) is 1. The maximum Gasteiger partial charge on any atom is 0.269 e. The minimum atomic E-state index is -0.706. The van der Waals surface area contributed by atoms with Crippen LogP contribution in [0.25, 0.3) is 0 Å². The highest BCUT2D eigenvalue weighted by molar-refractivity contribution is 5.97. The standard InChI is InChI=1S/C17H15NO4/c1-11(19)12-6-8-13(9-7-12)18-17(20)16-10-21-14-4-2-3-5-15(14)22-16/h2-9,16H,10H2,1H3,(H,18,20)/t16-/m0/s1. The number of anilines is 1. The predicted molar refractivity (Wildman–Crippen MR) is 81.4 cm³/mol. The fourth-order valence-electron chi connectivity index (χ4n) is 2.16. The smallest absolute Gasteiger partial charge is 0.269 e. The Morgan fingerprint density at radius 3 is 2.41 bits per heavy atom. The number of benzene rings is 2. The number of ether oxygens (including phenoxy) is 2. The highest BCUT2D eigenvalue weighted by Gasteiger charge is 2.27. The van der Waals surface area contributed by atoms with Crippen molar-refractivity contribution in [1.82, 2.24) is 0 Å². The van der Waals surface area contributed by atoms with E-state index in [9.17, 15) is 9.59 Å². The van der Waals surface area contributed by atoms with Crippen LogP contribution in [-0.2, 0) is 4.79 Å². The molecule has 1 atom stereocenters. The first kappa shape index (κ1) is 14.1. The first-order chi connectivity index (χ1) is 10.6. The molecule has 2 aromatic carbocycles. The monoisotopic (exact) mass is 297 g/mol. The summed E-state index contributed by atoms with van der Waals surface area (Å²) >= 11 is 0. The van der Waals surface area contributed by atoms with Crippen molar-refractivity contribution < 1.29 is 19.1 Å². The van der Waals surface area contributed by atoms with E-state index in [1.807, 2.05) is 12.1 Å². The minimum absolute atomic E-state index is 0.0153. The number of rotatable bonds is 3.